The van der Waals surface area contributed by atoms with Crippen LogP contribution < -0.4 is 22.3 Å². The first-order valence-electron chi connectivity index (χ1n) is 6.48. The zero-order valence-electron chi connectivity index (χ0n) is 11.6. The Balaban J connectivity index is 2.19. The van der Waals surface area contributed by atoms with Crippen molar-refractivity contribution in [2.24, 2.45) is 0 Å². The van der Waals surface area contributed by atoms with Crippen LogP contribution in [0.1, 0.15) is 12.5 Å². The van der Waals surface area contributed by atoms with Gasteiger partial charge < -0.3 is 11.1 Å². The first-order chi connectivity index (χ1) is 10.0. The number of nitrogens with one attached hydrogen (secondary N) is 2. The predicted octanol–water partition coefficient (Wildman–Crippen LogP) is 0.320. The van der Waals surface area contributed by atoms with Crippen molar-refractivity contribution in [3.8, 4) is 0 Å². The Kier molecular flexibility index (Phi) is 4.22. The summed E-state index contributed by atoms with van der Waals surface area (Å²) in [6.45, 7) is 1.60. The summed E-state index contributed by atoms with van der Waals surface area (Å²) in [6, 6.07) is 6.83. The molecule has 0 saturated heterocycles. The molecule has 0 aliphatic carbocycles. The zero-order chi connectivity index (χ0) is 15.4. The molecule has 110 valence electrons. The number of rotatable bonds is 4. The van der Waals surface area contributed by atoms with Gasteiger partial charge in [-0.3, -0.25) is 19.1 Å². The second-order valence-corrected chi connectivity index (χ2v) is 4.53. The van der Waals surface area contributed by atoms with Crippen LogP contribution in [0.4, 0.5) is 11.4 Å². The van der Waals surface area contributed by atoms with E-state index < -0.39 is 17.2 Å². The van der Waals surface area contributed by atoms with Gasteiger partial charge in [-0.2, -0.15) is 0 Å². The predicted molar refractivity (Wildman–Crippen MR) is 80.2 cm³/mol. The SMILES string of the molecule is CCc1cn(CC(=O)Nc2ccccc2N)c(=O)[nH]c1=O. The molecule has 0 aliphatic rings. The molecule has 0 aliphatic heterocycles. The largest absolute Gasteiger partial charge is 0.397 e. The summed E-state index contributed by atoms with van der Waals surface area (Å²) >= 11 is 0. The number of amides is 1. The Labute approximate surface area is 120 Å². The minimum absolute atomic E-state index is 0.197. The van der Waals surface area contributed by atoms with Crippen LogP contribution in [0.3, 0.4) is 0 Å². The van der Waals surface area contributed by atoms with Crippen LogP contribution in [0.25, 0.3) is 0 Å². The number of para-hydroxylation sites is 2. The fourth-order valence-corrected chi connectivity index (χ4v) is 1.88. The molecule has 7 heteroatoms. The summed E-state index contributed by atoms with van der Waals surface area (Å²) in [6.07, 6.45) is 1.87. The molecule has 2 rings (SSSR count). The van der Waals surface area contributed by atoms with E-state index in [0.717, 1.165) is 4.57 Å². The lowest BCUT2D eigenvalue weighted by molar-refractivity contribution is -0.116. The van der Waals surface area contributed by atoms with Gasteiger partial charge in [0, 0.05) is 11.8 Å². The molecule has 1 heterocycles. The highest BCUT2D eigenvalue weighted by Gasteiger charge is 2.09. The van der Waals surface area contributed by atoms with E-state index in [0.29, 0.717) is 23.4 Å². The van der Waals surface area contributed by atoms with Crippen LogP contribution in [0.5, 0.6) is 0 Å². The number of H-pyrrole nitrogens is 1. The van der Waals surface area contributed by atoms with E-state index in [1.807, 2.05) is 0 Å². The standard InChI is InChI=1S/C14H16N4O3/c1-2-9-7-18(14(21)17-13(9)20)8-12(19)16-11-6-4-3-5-10(11)15/h3-7H,2,8,15H2,1H3,(H,16,19)(H,17,20,21). The van der Waals surface area contributed by atoms with Crippen molar-refractivity contribution >= 4 is 17.3 Å². The van der Waals surface area contributed by atoms with Gasteiger partial charge in [-0.25, -0.2) is 4.79 Å². The van der Waals surface area contributed by atoms with Gasteiger partial charge in [-0.15, -0.1) is 0 Å². The Morgan fingerprint density at radius 1 is 1.33 bits per heavy atom. The summed E-state index contributed by atoms with van der Waals surface area (Å²) in [5.74, 6) is -0.399. The van der Waals surface area contributed by atoms with Crippen molar-refractivity contribution in [3.63, 3.8) is 0 Å². The third kappa shape index (κ3) is 3.38. The highest BCUT2D eigenvalue weighted by atomic mass is 16.2. The van der Waals surface area contributed by atoms with Crippen molar-refractivity contribution in [1.29, 1.82) is 0 Å². The number of anilines is 2. The van der Waals surface area contributed by atoms with Crippen LogP contribution in [0, 0.1) is 0 Å². The van der Waals surface area contributed by atoms with E-state index >= 15 is 0 Å². The highest BCUT2D eigenvalue weighted by molar-refractivity contribution is 5.93. The van der Waals surface area contributed by atoms with Gasteiger partial charge in [0.2, 0.25) is 5.91 Å². The molecule has 0 fully saturated rings. The molecule has 1 aromatic carbocycles. The van der Waals surface area contributed by atoms with E-state index in [9.17, 15) is 14.4 Å². The van der Waals surface area contributed by atoms with Crippen LogP contribution in [0.15, 0.2) is 40.1 Å². The number of carbonyl (C=O) groups excluding carboxylic acids is 1. The molecule has 2 aromatic rings. The molecule has 1 aromatic heterocycles. The number of aromatic amines is 1. The Hall–Kier alpha value is -2.83. The van der Waals surface area contributed by atoms with E-state index in [-0.39, 0.29) is 6.54 Å². The van der Waals surface area contributed by atoms with Crippen molar-refractivity contribution < 1.29 is 4.79 Å². The smallest absolute Gasteiger partial charge is 0.328 e. The van der Waals surface area contributed by atoms with Crippen LogP contribution in [-0.2, 0) is 17.8 Å². The molecule has 0 spiro atoms. The summed E-state index contributed by atoms with van der Waals surface area (Å²) < 4.78 is 1.16. The second kappa shape index (κ2) is 6.08. The van der Waals surface area contributed by atoms with Gasteiger partial charge >= 0.3 is 5.69 Å². The third-order valence-electron chi connectivity index (χ3n) is 3.01. The molecule has 0 unspecified atom stereocenters. The summed E-state index contributed by atoms with van der Waals surface area (Å²) in [7, 11) is 0. The molecular formula is C14H16N4O3. The van der Waals surface area contributed by atoms with E-state index in [4.69, 9.17) is 5.73 Å². The van der Waals surface area contributed by atoms with Crippen LogP contribution >= 0.6 is 0 Å². The van der Waals surface area contributed by atoms with E-state index in [2.05, 4.69) is 10.3 Å². The number of hydrogen-bond acceptors (Lipinski definition) is 4. The minimum Gasteiger partial charge on any atom is -0.397 e. The van der Waals surface area contributed by atoms with Gasteiger partial charge in [-0.05, 0) is 18.6 Å². The Bertz CT molecular complexity index is 776. The number of nitrogens with two attached hydrogens (primary N) is 1. The molecule has 1 amide bonds. The molecule has 4 N–H and O–H groups in total. The molecule has 0 atom stereocenters. The van der Waals surface area contributed by atoms with Crippen LogP contribution in [0.2, 0.25) is 0 Å². The lowest BCUT2D eigenvalue weighted by atomic mass is 10.2. The van der Waals surface area contributed by atoms with Crippen molar-refractivity contribution in [2.45, 2.75) is 19.9 Å². The minimum atomic E-state index is -0.617. The average Bonchev–Trinajstić information content (AvgIpc) is 2.44. The highest BCUT2D eigenvalue weighted by Crippen LogP contribution is 2.16. The van der Waals surface area contributed by atoms with Crippen molar-refractivity contribution in [1.82, 2.24) is 9.55 Å². The van der Waals surface area contributed by atoms with Crippen molar-refractivity contribution in [2.75, 3.05) is 11.1 Å². The average molecular weight is 288 g/mol. The molecule has 7 nitrogen and oxygen atoms in total. The maximum Gasteiger partial charge on any atom is 0.328 e. The van der Waals surface area contributed by atoms with Gasteiger partial charge in [0.25, 0.3) is 5.56 Å². The number of aromatic nitrogens is 2. The Morgan fingerprint density at radius 2 is 2.05 bits per heavy atom. The first kappa shape index (κ1) is 14.6. The molecule has 0 radical (unpaired) electrons. The number of aryl methyl sites for hydroxylation is 1. The number of carbonyl (C=O) groups is 1. The number of benzene rings is 1. The lowest BCUT2D eigenvalue weighted by Gasteiger charge is -2.09. The number of hydrogen-bond donors (Lipinski definition) is 3. The molecular weight excluding hydrogens is 272 g/mol. The molecule has 21 heavy (non-hydrogen) atoms. The van der Waals surface area contributed by atoms with Crippen LogP contribution in [-0.4, -0.2) is 15.5 Å². The summed E-state index contributed by atoms with van der Waals surface area (Å²) in [5.41, 5.74) is 6.05. The van der Waals surface area contributed by atoms with Gasteiger partial charge in [-0.1, -0.05) is 19.1 Å². The number of nitrogen functional groups attached to an aromatic ring is 1. The van der Waals surface area contributed by atoms with E-state index in [1.54, 1.807) is 31.2 Å². The van der Waals surface area contributed by atoms with Gasteiger partial charge in [0.15, 0.2) is 0 Å². The molecule has 0 bridgehead atoms. The van der Waals surface area contributed by atoms with Gasteiger partial charge in [0.1, 0.15) is 6.54 Å². The number of nitrogens with zero attached hydrogens (tertiary/aromatic N) is 1. The second-order valence-electron chi connectivity index (χ2n) is 4.53. The molecule has 0 saturated carbocycles. The quantitative estimate of drug-likeness (QED) is 0.704. The normalized spacial score (nSPS) is 10.3. The topological polar surface area (TPSA) is 110 Å². The third-order valence-corrected chi connectivity index (χ3v) is 3.01. The lowest BCUT2D eigenvalue weighted by Crippen LogP contribution is -2.34. The summed E-state index contributed by atoms with van der Waals surface area (Å²) in [4.78, 5) is 37.3. The Morgan fingerprint density at radius 3 is 2.71 bits per heavy atom. The van der Waals surface area contributed by atoms with Gasteiger partial charge in [0.05, 0.1) is 11.4 Å². The van der Waals surface area contributed by atoms with Crippen molar-refractivity contribution in [3.05, 3.63) is 56.9 Å². The maximum atomic E-state index is 12.0. The summed E-state index contributed by atoms with van der Waals surface area (Å²) in [5, 5.41) is 2.62. The maximum absolute atomic E-state index is 12.0. The monoisotopic (exact) mass is 288 g/mol. The first-order valence-corrected chi connectivity index (χ1v) is 6.48. The fraction of sp³-hybridized carbons (Fsp3) is 0.214. The van der Waals surface area contributed by atoms with E-state index in [1.165, 1.54) is 6.20 Å². The zero-order valence-corrected chi connectivity index (χ0v) is 11.6. The fourth-order valence-electron chi connectivity index (χ4n) is 1.88.